The van der Waals surface area contributed by atoms with Crippen LogP contribution in [0.25, 0.3) is 0 Å². The Labute approximate surface area is 173 Å². The number of aliphatic imine (C=N–C) groups is 1. The van der Waals surface area contributed by atoms with Crippen molar-refractivity contribution in [3.8, 4) is 0 Å². The Morgan fingerprint density at radius 2 is 2.04 bits per heavy atom. The van der Waals surface area contributed by atoms with E-state index in [0.29, 0.717) is 12.5 Å². The number of carbonyl (C=O) groups is 1. The molecule has 0 saturated carbocycles. The van der Waals surface area contributed by atoms with Crippen LogP contribution in [0.4, 0.5) is 0 Å². The van der Waals surface area contributed by atoms with Crippen LogP contribution >= 0.6 is 24.0 Å². The van der Waals surface area contributed by atoms with Gasteiger partial charge in [-0.15, -0.1) is 24.0 Å². The summed E-state index contributed by atoms with van der Waals surface area (Å²) in [4.78, 5) is 20.2. The van der Waals surface area contributed by atoms with Gasteiger partial charge >= 0.3 is 0 Å². The zero-order chi connectivity index (χ0) is 18.1. The predicted octanol–water partition coefficient (Wildman–Crippen LogP) is 2.07. The maximum atomic E-state index is 11.8. The topological polar surface area (TPSA) is 73.1 Å². The summed E-state index contributed by atoms with van der Waals surface area (Å²) in [5, 5.41) is 6.57. The van der Waals surface area contributed by atoms with Crippen LogP contribution < -0.4 is 10.6 Å². The number of hydrogen-bond acceptors (Lipinski definition) is 4. The summed E-state index contributed by atoms with van der Waals surface area (Å²) in [6.07, 6.45) is 5.47. The molecule has 1 amide bonds. The van der Waals surface area contributed by atoms with Gasteiger partial charge in [0.1, 0.15) is 12.3 Å². The maximum absolute atomic E-state index is 11.8. The molecule has 0 aliphatic carbocycles. The van der Waals surface area contributed by atoms with Crippen molar-refractivity contribution in [3.05, 3.63) is 24.2 Å². The Morgan fingerprint density at radius 3 is 2.62 bits per heavy atom. The summed E-state index contributed by atoms with van der Waals surface area (Å²) >= 11 is 0. The molecule has 1 fully saturated rings. The summed E-state index contributed by atoms with van der Waals surface area (Å²) in [6, 6.07) is 4.13. The summed E-state index contributed by atoms with van der Waals surface area (Å²) in [6.45, 7) is 5.75. The lowest BCUT2D eigenvalue weighted by Crippen LogP contribution is -2.44. The third kappa shape index (κ3) is 7.14. The fourth-order valence-electron chi connectivity index (χ4n) is 2.94. The molecule has 26 heavy (non-hydrogen) atoms. The molecule has 1 aromatic rings. The predicted molar refractivity (Wildman–Crippen MR) is 115 cm³/mol. The van der Waals surface area contributed by atoms with Gasteiger partial charge in [-0.1, -0.05) is 6.42 Å². The molecule has 1 aromatic heterocycles. The van der Waals surface area contributed by atoms with Crippen molar-refractivity contribution >= 4 is 35.8 Å². The van der Waals surface area contributed by atoms with Crippen LogP contribution in [-0.2, 0) is 4.79 Å². The fraction of sp³-hybridized carbons (Fsp3) is 0.667. The van der Waals surface area contributed by atoms with Crippen molar-refractivity contribution in [1.82, 2.24) is 20.4 Å². The van der Waals surface area contributed by atoms with E-state index >= 15 is 0 Å². The second kappa shape index (κ2) is 12.2. The Hall–Kier alpha value is -1.29. The number of amides is 1. The highest BCUT2D eigenvalue weighted by Crippen LogP contribution is 2.24. The number of rotatable bonds is 7. The second-order valence-corrected chi connectivity index (χ2v) is 6.49. The Morgan fingerprint density at radius 1 is 1.31 bits per heavy atom. The molecule has 0 bridgehead atoms. The van der Waals surface area contributed by atoms with Gasteiger partial charge in [-0.25, -0.2) is 4.99 Å². The Kier molecular flexibility index (Phi) is 10.6. The molecule has 1 unspecified atom stereocenters. The molecule has 2 N–H and O–H groups in total. The van der Waals surface area contributed by atoms with Crippen LogP contribution in [0.5, 0.6) is 0 Å². The summed E-state index contributed by atoms with van der Waals surface area (Å²) < 4.78 is 5.67. The van der Waals surface area contributed by atoms with E-state index in [-0.39, 0.29) is 42.5 Å². The number of halogens is 1. The number of carbonyl (C=O) groups excluding carboxylic acids is 1. The van der Waals surface area contributed by atoms with Gasteiger partial charge in [0, 0.05) is 27.2 Å². The number of furan rings is 1. The number of nitrogens with one attached hydrogen (secondary N) is 2. The van der Waals surface area contributed by atoms with E-state index in [2.05, 4.69) is 20.5 Å². The van der Waals surface area contributed by atoms with Gasteiger partial charge in [0.2, 0.25) is 5.91 Å². The minimum Gasteiger partial charge on any atom is -0.468 e. The van der Waals surface area contributed by atoms with Crippen molar-refractivity contribution in [1.29, 1.82) is 0 Å². The van der Waals surface area contributed by atoms with Crippen molar-refractivity contribution in [2.45, 2.75) is 32.2 Å². The average Bonchev–Trinajstić information content (AvgIpc) is 3.14. The molecule has 2 rings (SSSR count). The van der Waals surface area contributed by atoms with Gasteiger partial charge in [-0.05, 0) is 45.0 Å². The van der Waals surface area contributed by atoms with Crippen LogP contribution in [-0.4, -0.2) is 68.5 Å². The molecule has 0 spiro atoms. The first-order valence-corrected chi connectivity index (χ1v) is 9.11. The van der Waals surface area contributed by atoms with Crippen LogP contribution in [0.3, 0.4) is 0 Å². The molecular weight excluding hydrogens is 445 g/mol. The van der Waals surface area contributed by atoms with Crippen LogP contribution in [0, 0.1) is 0 Å². The Balaban J connectivity index is 0.00000338. The number of likely N-dealkylation sites (N-methyl/N-ethyl adjacent to an activating group) is 1. The SMILES string of the molecule is CCNC(=NCC(=O)N(C)C)NCC(c1ccco1)N1CCCCC1.I. The van der Waals surface area contributed by atoms with Crippen molar-refractivity contribution in [3.63, 3.8) is 0 Å². The smallest absolute Gasteiger partial charge is 0.243 e. The molecule has 1 saturated heterocycles. The molecular formula is C18H32IN5O2. The van der Waals surface area contributed by atoms with E-state index in [1.807, 2.05) is 19.1 Å². The van der Waals surface area contributed by atoms with Gasteiger partial charge in [0.05, 0.1) is 12.3 Å². The van der Waals surface area contributed by atoms with E-state index in [1.165, 1.54) is 19.3 Å². The zero-order valence-corrected chi connectivity index (χ0v) is 18.4. The molecule has 0 radical (unpaired) electrons. The number of piperidine rings is 1. The number of hydrogen-bond donors (Lipinski definition) is 2. The minimum absolute atomic E-state index is 0. The first-order valence-electron chi connectivity index (χ1n) is 9.11. The summed E-state index contributed by atoms with van der Waals surface area (Å²) in [5.74, 6) is 1.61. The maximum Gasteiger partial charge on any atom is 0.243 e. The standard InChI is InChI=1S/C18H31N5O2.HI/c1-4-19-18(21-14-17(24)22(2)3)20-13-15(16-9-8-12-25-16)23-10-6-5-7-11-23;/h8-9,12,15H,4-7,10-11,13-14H2,1-3H3,(H2,19,20,21);1H. The van der Waals surface area contributed by atoms with Crippen molar-refractivity contribution in [2.75, 3.05) is 46.8 Å². The molecule has 1 atom stereocenters. The minimum atomic E-state index is -0.0178. The number of likely N-dealkylation sites (tertiary alicyclic amines) is 1. The van der Waals surface area contributed by atoms with E-state index in [1.54, 1.807) is 25.3 Å². The van der Waals surface area contributed by atoms with E-state index in [9.17, 15) is 4.79 Å². The first-order chi connectivity index (χ1) is 12.1. The lowest BCUT2D eigenvalue weighted by Gasteiger charge is -2.33. The average molecular weight is 477 g/mol. The van der Waals surface area contributed by atoms with Gasteiger partial charge in [0.25, 0.3) is 0 Å². The van der Waals surface area contributed by atoms with Crippen LogP contribution in [0.2, 0.25) is 0 Å². The van der Waals surface area contributed by atoms with Gasteiger partial charge in [0.15, 0.2) is 5.96 Å². The third-order valence-corrected chi connectivity index (χ3v) is 4.38. The largest absolute Gasteiger partial charge is 0.468 e. The first kappa shape index (κ1) is 22.8. The molecule has 1 aliphatic rings. The van der Waals surface area contributed by atoms with E-state index in [0.717, 1.165) is 25.4 Å². The molecule has 8 heteroatoms. The molecule has 7 nitrogen and oxygen atoms in total. The van der Waals surface area contributed by atoms with Crippen LogP contribution in [0.1, 0.15) is 38.0 Å². The number of nitrogens with zero attached hydrogens (tertiary/aromatic N) is 3. The monoisotopic (exact) mass is 477 g/mol. The van der Waals surface area contributed by atoms with E-state index < -0.39 is 0 Å². The van der Waals surface area contributed by atoms with Gasteiger partial charge < -0.3 is 20.0 Å². The van der Waals surface area contributed by atoms with Gasteiger partial charge in [-0.3, -0.25) is 9.69 Å². The summed E-state index contributed by atoms with van der Waals surface area (Å²) in [7, 11) is 3.48. The fourth-order valence-corrected chi connectivity index (χ4v) is 2.94. The molecule has 148 valence electrons. The lowest BCUT2D eigenvalue weighted by molar-refractivity contribution is -0.127. The zero-order valence-electron chi connectivity index (χ0n) is 16.0. The highest BCUT2D eigenvalue weighted by Gasteiger charge is 2.24. The highest BCUT2D eigenvalue weighted by molar-refractivity contribution is 14.0. The van der Waals surface area contributed by atoms with E-state index in [4.69, 9.17) is 4.42 Å². The van der Waals surface area contributed by atoms with Crippen molar-refractivity contribution < 1.29 is 9.21 Å². The summed E-state index contributed by atoms with van der Waals surface area (Å²) in [5.41, 5.74) is 0. The Bertz CT molecular complexity index is 542. The molecule has 2 heterocycles. The molecule has 1 aliphatic heterocycles. The van der Waals surface area contributed by atoms with Crippen LogP contribution in [0.15, 0.2) is 27.8 Å². The molecule has 0 aromatic carbocycles. The lowest BCUT2D eigenvalue weighted by atomic mass is 10.1. The third-order valence-electron chi connectivity index (χ3n) is 4.38. The van der Waals surface area contributed by atoms with Crippen molar-refractivity contribution in [2.24, 2.45) is 4.99 Å². The van der Waals surface area contributed by atoms with Gasteiger partial charge in [-0.2, -0.15) is 0 Å². The highest BCUT2D eigenvalue weighted by atomic mass is 127. The normalized spacial score (nSPS) is 16.5. The number of guanidine groups is 1. The quantitative estimate of drug-likeness (QED) is 0.358. The second-order valence-electron chi connectivity index (χ2n) is 6.49.